The summed E-state index contributed by atoms with van der Waals surface area (Å²) in [5.41, 5.74) is 2.38. The second kappa shape index (κ2) is 10.2. The van der Waals surface area contributed by atoms with Gasteiger partial charge in [-0.1, -0.05) is 101 Å². The van der Waals surface area contributed by atoms with E-state index >= 15 is 0 Å². The van der Waals surface area contributed by atoms with Crippen LogP contribution in [0.15, 0.2) is 91.0 Å². The van der Waals surface area contributed by atoms with Gasteiger partial charge in [0.2, 0.25) is 5.91 Å². The third-order valence-corrected chi connectivity index (χ3v) is 10.5. The molecule has 2 saturated heterocycles. The first-order valence-electron chi connectivity index (χ1n) is 11.6. The highest BCUT2D eigenvalue weighted by Crippen LogP contribution is 2.56. The third-order valence-electron chi connectivity index (χ3n) is 6.72. The normalized spacial score (nSPS) is 25.2. The third kappa shape index (κ3) is 4.68. The van der Waals surface area contributed by atoms with E-state index in [4.69, 9.17) is 4.74 Å². The fourth-order valence-corrected chi connectivity index (χ4v) is 7.73. The maximum atomic E-state index is 13.5. The molecule has 4 atom stereocenters. The maximum Gasteiger partial charge on any atom is 0.258 e. The van der Waals surface area contributed by atoms with Gasteiger partial charge in [-0.05, 0) is 30.2 Å². The number of thioether (sulfide) groups is 1. The van der Waals surface area contributed by atoms with Crippen molar-refractivity contribution in [1.29, 1.82) is 0 Å². The van der Waals surface area contributed by atoms with E-state index in [1.54, 1.807) is 23.9 Å². The van der Waals surface area contributed by atoms with Gasteiger partial charge in [0.1, 0.15) is 17.2 Å². The number of hydrogen-bond acceptors (Lipinski definition) is 4. The average Bonchev–Trinajstić information content (AvgIpc) is 3.18. The fraction of sp³-hybridized carbons (Fsp3) is 0.286. The molecule has 3 aromatic carbocycles. The van der Waals surface area contributed by atoms with E-state index in [-0.39, 0.29) is 40.5 Å². The second-order valence-electron chi connectivity index (χ2n) is 9.09. The molecular weight excluding hydrogens is 571 g/mol. The molecule has 2 heterocycles. The first-order valence-corrected chi connectivity index (χ1v) is 14.1. The van der Waals surface area contributed by atoms with Crippen LogP contribution in [0, 0.1) is 0 Å². The van der Waals surface area contributed by atoms with Crippen molar-refractivity contribution in [3.63, 3.8) is 0 Å². The molecule has 35 heavy (non-hydrogen) atoms. The Labute approximate surface area is 223 Å². The van der Waals surface area contributed by atoms with Crippen molar-refractivity contribution < 1.29 is 14.3 Å². The minimum atomic E-state index is -0.536. The molecule has 5 rings (SSSR count). The number of fused-ring (bicyclic) bond motifs is 1. The summed E-state index contributed by atoms with van der Waals surface area (Å²) in [6.07, 6.45) is 0. The van der Waals surface area contributed by atoms with Crippen molar-refractivity contribution in [2.45, 2.75) is 35.0 Å². The molecule has 2 aliphatic rings. The summed E-state index contributed by atoms with van der Waals surface area (Å²) in [5, 5.41) is 2.84. The number of halogens is 1. The van der Waals surface area contributed by atoms with Crippen LogP contribution in [0.1, 0.15) is 24.0 Å². The number of amides is 2. The van der Waals surface area contributed by atoms with Gasteiger partial charge >= 0.3 is 0 Å². The lowest BCUT2D eigenvalue weighted by Crippen LogP contribution is -2.70. The Balaban J connectivity index is 1.38. The quantitative estimate of drug-likeness (QED) is 0.229. The summed E-state index contributed by atoms with van der Waals surface area (Å²) in [4.78, 5) is 28.1. The number of hydrogen-bond donors (Lipinski definition) is 1. The molecule has 0 saturated carbocycles. The predicted octanol–water partition coefficient (Wildman–Crippen LogP) is 4.86. The summed E-state index contributed by atoms with van der Waals surface area (Å²) < 4.78 is 6.29. The van der Waals surface area contributed by atoms with Crippen LogP contribution in [0.3, 0.4) is 0 Å². The van der Waals surface area contributed by atoms with E-state index in [0.717, 1.165) is 4.43 Å². The number of ether oxygens (including phenoxy) is 1. The smallest absolute Gasteiger partial charge is 0.258 e. The zero-order valence-electron chi connectivity index (χ0n) is 19.3. The zero-order valence-corrected chi connectivity index (χ0v) is 22.3. The fourth-order valence-electron chi connectivity index (χ4n) is 5.06. The predicted molar refractivity (Wildman–Crippen MR) is 148 cm³/mol. The number of carbonyl (C=O) groups is 2. The van der Waals surface area contributed by atoms with E-state index in [2.05, 4.69) is 83.4 Å². The lowest BCUT2D eigenvalue weighted by molar-refractivity contribution is -0.151. The lowest BCUT2D eigenvalue weighted by atomic mass is 9.77. The Morgan fingerprint density at radius 1 is 1.00 bits per heavy atom. The second-order valence-corrected chi connectivity index (χ2v) is 11.5. The Bertz CT molecular complexity index is 1140. The van der Waals surface area contributed by atoms with Gasteiger partial charge in [0, 0.05) is 15.1 Å². The van der Waals surface area contributed by atoms with E-state index in [1.807, 2.05) is 35.2 Å². The van der Waals surface area contributed by atoms with Crippen molar-refractivity contribution in [3.8, 4) is 5.75 Å². The van der Waals surface area contributed by atoms with Crippen molar-refractivity contribution in [1.82, 2.24) is 10.2 Å². The molecular formula is C28H27IN2O3S. The number of nitrogens with one attached hydrogen (secondary N) is 1. The highest BCUT2D eigenvalue weighted by Gasteiger charge is 2.64. The number of rotatable bonds is 8. The molecule has 2 fully saturated rings. The molecule has 2 aliphatic heterocycles. The number of para-hydroxylation sites is 1. The van der Waals surface area contributed by atoms with Crippen LogP contribution in [0.5, 0.6) is 5.75 Å². The van der Waals surface area contributed by atoms with Gasteiger partial charge < -0.3 is 15.0 Å². The molecule has 0 spiro atoms. The minimum Gasteiger partial charge on any atom is -0.484 e. The van der Waals surface area contributed by atoms with E-state index in [0.29, 0.717) is 5.75 Å². The van der Waals surface area contributed by atoms with Gasteiger partial charge in [-0.2, -0.15) is 0 Å². The molecule has 7 heteroatoms. The van der Waals surface area contributed by atoms with Crippen molar-refractivity contribution >= 4 is 46.2 Å². The van der Waals surface area contributed by atoms with Crippen LogP contribution < -0.4 is 10.1 Å². The highest BCUT2D eigenvalue weighted by molar-refractivity contribution is 14.1. The van der Waals surface area contributed by atoms with Gasteiger partial charge in [0.05, 0.1) is 6.04 Å². The number of β-lactam (4-membered cyclic amide) rings is 1. The number of nitrogens with zero attached hydrogens (tertiary/aromatic N) is 1. The average molecular weight is 599 g/mol. The van der Waals surface area contributed by atoms with Gasteiger partial charge in [-0.15, -0.1) is 11.8 Å². The van der Waals surface area contributed by atoms with Crippen molar-refractivity contribution in [3.05, 3.63) is 102 Å². The van der Waals surface area contributed by atoms with E-state index < -0.39 is 6.04 Å². The maximum absolute atomic E-state index is 13.5. The standard InChI is InChI=1S/C28H27IN2O3S/c1-28(18-29)25(23(19-11-5-2-6-12-19)20-13-7-3-8-14-20)31-26(33)24(27(31)35-28)30-22(32)17-34-21-15-9-4-10-16-21/h2-16,23-25,27H,17-18H2,1H3,(H,30,32)/t24?,25?,27-,28?/m1/s1. The Morgan fingerprint density at radius 3 is 2.09 bits per heavy atom. The summed E-state index contributed by atoms with van der Waals surface area (Å²) in [7, 11) is 0. The van der Waals surface area contributed by atoms with Gasteiger partial charge in [0.15, 0.2) is 6.61 Å². The first-order chi connectivity index (χ1) is 17.0. The van der Waals surface area contributed by atoms with Crippen LogP contribution in [0.2, 0.25) is 0 Å². The largest absolute Gasteiger partial charge is 0.484 e. The molecule has 0 radical (unpaired) electrons. The van der Waals surface area contributed by atoms with Crippen molar-refractivity contribution in [2.75, 3.05) is 11.0 Å². The summed E-state index contributed by atoms with van der Waals surface area (Å²) in [5.74, 6) is 0.364. The summed E-state index contributed by atoms with van der Waals surface area (Å²) >= 11 is 4.23. The molecule has 0 aromatic heterocycles. The Hall–Kier alpha value is -2.52. The lowest BCUT2D eigenvalue weighted by Gasteiger charge is -2.47. The van der Waals surface area contributed by atoms with Gasteiger partial charge in [-0.3, -0.25) is 9.59 Å². The molecule has 2 amide bonds. The Kier molecular flexibility index (Phi) is 7.07. The molecule has 3 aromatic rings. The first kappa shape index (κ1) is 24.2. The van der Waals surface area contributed by atoms with E-state index in [1.165, 1.54) is 11.1 Å². The summed E-state index contributed by atoms with van der Waals surface area (Å²) in [6, 6.07) is 29.5. The van der Waals surface area contributed by atoms with Crippen LogP contribution >= 0.6 is 34.4 Å². The SMILES string of the molecule is CC1(CI)S[C@@H]2C(NC(=O)COc3ccccc3)C(=O)N2C1C(c1ccccc1)c1ccccc1. The number of carbonyl (C=O) groups excluding carboxylic acids is 2. The minimum absolute atomic E-state index is 0.0222. The highest BCUT2D eigenvalue weighted by atomic mass is 127. The topological polar surface area (TPSA) is 58.6 Å². The molecule has 0 bridgehead atoms. The van der Waals surface area contributed by atoms with Crippen LogP contribution in [0.4, 0.5) is 0 Å². The van der Waals surface area contributed by atoms with Crippen LogP contribution in [0.25, 0.3) is 0 Å². The number of alkyl halides is 1. The molecule has 5 nitrogen and oxygen atoms in total. The number of benzene rings is 3. The van der Waals surface area contributed by atoms with Gasteiger partial charge in [-0.25, -0.2) is 0 Å². The monoisotopic (exact) mass is 598 g/mol. The molecule has 1 N–H and O–H groups in total. The van der Waals surface area contributed by atoms with Gasteiger partial charge in [0.25, 0.3) is 5.91 Å². The van der Waals surface area contributed by atoms with Crippen LogP contribution in [-0.2, 0) is 9.59 Å². The summed E-state index contributed by atoms with van der Waals surface area (Å²) in [6.45, 7) is 2.13. The Morgan fingerprint density at radius 2 is 1.54 bits per heavy atom. The molecule has 3 unspecified atom stereocenters. The van der Waals surface area contributed by atoms with Crippen LogP contribution in [-0.4, -0.2) is 50.0 Å². The zero-order chi connectivity index (χ0) is 24.4. The molecule has 180 valence electrons. The van der Waals surface area contributed by atoms with E-state index in [9.17, 15) is 9.59 Å². The van der Waals surface area contributed by atoms with Crippen molar-refractivity contribution in [2.24, 2.45) is 0 Å². The molecule has 0 aliphatic carbocycles.